The van der Waals surface area contributed by atoms with Gasteiger partial charge in [0, 0.05) is 6.42 Å². The van der Waals surface area contributed by atoms with Crippen molar-refractivity contribution in [2.45, 2.75) is 59.3 Å². The van der Waals surface area contributed by atoms with Gasteiger partial charge in [0.05, 0.1) is 26.2 Å². The van der Waals surface area contributed by atoms with Crippen LogP contribution in [0.4, 0.5) is 0 Å². The molecule has 2 aromatic heterocycles. The van der Waals surface area contributed by atoms with Crippen LogP contribution in [0, 0.1) is 0 Å². The smallest absolute Gasteiger partial charge is 0.230 e. The monoisotopic (exact) mass is 362 g/mol. The number of para-hydroxylation sites is 4. The Bertz CT molecular complexity index is 957. The van der Waals surface area contributed by atoms with Crippen LogP contribution in [0.5, 0.6) is 0 Å². The molecule has 0 saturated heterocycles. The van der Waals surface area contributed by atoms with Crippen LogP contribution in [0.1, 0.15) is 33.1 Å². The fraction of sp³-hybridized carbons (Fsp3) is 0.391. The van der Waals surface area contributed by atoms with Crippen LogP contribution in [0.15, 0.2) is 61.2 Å². The van der Waals surface area contributed by atoms with Crippen molar-refractivity contribution in [3.8, 4) is 0 Å². The van der Waals surface area contributed by atoms with E-state index in [1.54, 1.807) is 0 Å². The minimum absolute atomic E-state index is 1.04. The fourth-order valence-electron chi connectivity index (χ4n) is 4.09. The largest absolute Gasteiger partial charge is 0.244 e. The van der Waals surface area contributed by atoms with E-state index in [9.17, 15) is 0 Å². The number of aromatic nitrogens is 4. The molecular weight excluding hydrogens is 332 g/mol. The third-order valence-electron chi connectivity index (χ3n) is 5.29. The van der Waals surface area contributed by atoms with Crippen LogP contribution in [-0.2, 0) is 26.2 Å². The third kappa shape index (κ3) is 3.48. The highest BCUT2D eigenvalue weighted by atomic mass is 15.1. The Kier molecular flexibility index (Phi) is 5.23. The van der Waals surface area contributed by atoms with Gasteiger partial charge in [-0.05, 0) is 37.1 Å². The summed E-state index contributed by atoms with van der Waals surface area (Å²) in [5.41, 5.74) is 5.35. The third-order valence-corrected chi connectivity index (χ3v) is 5.29. The zero-order valence-electron chi connectivity index (χ0n) is 16.5. The maximum absolute atomic E-state index is 2.41. The molecule has 4 rings (SSSR count). The van der Waals surface area contributed by atoms with E-state index in [1.165, 1.54) is 22.1 Å². The summed E-state index contributed by atoms with van der Waals surface area (Å²) in [6.45, 7) is 8.71. The average molecular weight is 363 g/mol. The van der Waals surface area contributed by atoms with Crippen molar-refractivity contribution in [1.29, 1.82) is 0 Å². The fourth-order valence-corrected chi connectivity index (χ4v) is 4.09. The summed E-state index contributed by atoms with van der Waals surface area (Å²) in [6, 6.07) is 17.5. The summed E-state index contributed by atoms with van der Waals surface area (Å²) in [7, 11) is 0. The Morgan fingerprint density at radius 1 is 0.667 bits per heavy atom. The molecule has 27 heavy (non-hydrogen) atoms. The van der Waals surface area contributed by atoms with Crippen molar-refractivity contribution < 1.29 is 9.13 Å². The van der Waals surface area contributed by atoms with Crippen molar-refractivity contribution in [3.63, 3.8) is 0 Å². The lowest BCUT2D eigenvalue weighted by Crippen LogP contribution is -2.31. The van der Waals surface area contributed by atoms with Crippen molar-refractivity contribution in [3.05, 3.63) is 61.2 Å². The van der Waals surface area contributed by atoms with Gasteiger partial charge in [-0.2, -0.15) is 0 Å². The zero-order chi connectivity index (χ0) is 18.6. The van der Waals surface area contributed by atoms with Gasteiger partial charge < -0.3 is 0 Å². The molecule has 4 nitrogen and oxygen atoms in total. The van der Waals surface area contributed by atoms with Gasteiger partial charge in [-0.25, -0.2) is 18.3 Å². The maximum atomic E-state index is 2.41. The van der Waals surface area contributed by atoms with E-state index in [1.807, 2.05) is 0 Å². The van der Waals surface area contributed by atoms with Gasteiger partial charge in [0.1, 0.15) is 0 Å². The number of benzene rings is 2. The second-order valence-electron chi connectivity index (χ2n) is 7.34. The minimum atomic E-state index is 1.04. The molecule has 0 aliphatic carbocycles. The van der Waals surface area contributed by atoms with Gasteiger partial charge in [0.25, 0.3) is 0 Å². The highest BCUT2D eigenvalue weighted by Crippen LogP contribution is 2.14. The summed E-state index contributed by atoms with van der Waals surface area (Å²) >= 11 is 0. The van der Waals surface area contributed by atoms with Crippen molar-refractivity contribution in [2.24, 2.45) is 0 Å². The highest BCUT2D eigenvalue weighted by Gasteiger charge is 2.17. The van der Waals surface area contributed by atoms with Crippen molar-refractivity contribution >= 4 is 22.1 Å². The van der Waals surface area contributed by atoms with Crippen LogP contribution < -0.4 is 9.13 Å². The van der Waals surface area contributed by atoms with Crippen molar-refractivity contribution in [2.75, 3.05) is 0 Å². The zero-order valence-corrected chi connectivity index (χ0v) is 16.5. The van der Waals surface area contributed by atoms with Gasteiger partial charge in [0.2, 0.25) is 12.7 Å². The minimum Gasteiger partial charge on any atom is -0.230 e. The molecule has 0 bridgehead atoms. The molecule has 0 amide bonds. The predicted octanol–water partition coefficient (Wildman–Crippen LogP) is 4.08. The lowest BCUT2D eigenvalue weighted by molar-refractivity contribution is -0.672. The van der Waals surface area contributed by atoms with Crippen LogP contribution in [0.2, 0.25) is 0 Å². The van der Waals surface area contributed by atoms with Crippen LogP contribution in [0.3, 0.4) is 0 Å². The first-order valence-corrected chi connectivity index (χ1v) is 10.3. The lowest BCUT2D eigenvalue weighted by atomic mass is 10.3. The standard InChI is InChI=1S/C23H30N4/c1-3-14-24-18-26(22-12-7-5-10-20(22)24)16-9-17-27-19-25(15-4-2)21-11-6-8-13-23(21)27/h5-8,10-13,18-19H,3-4,9,14-17H2,1-2H3/q+2. The van der Waals surface area contributed by atoms with E-state index in [0.29, 0.717) is 0 Å². The molecule has 140 valence electrons. The van der Waals surface area contributed by atoms with E-state index < -0.39 is 0 Å². The molecular formula is C23H30N4+2. The first-order valence-electron chi connectivity index (χ1n) is 10.3. The maximum Gasteiger partial charge on any atom is 0.244 e. The first-order chi connectivity index (χ1) is 13.3. The number of fused-ring (bicyclic) bond motifs is 2. The second kappa shape index (κ2) is 7.95. The summed E-state index contributed by atoms with van der Waals surface area (Å²) in [5.74, 6) is 0. The summed E-state index contributed by atoms with van der Waals surface area (Å²) < 4.78 is 9.60. The molecule has 2 heterocycles. The van der Waals surface area contributed by atoms with Gasteiger partial charge in [0.15, 0.2) is 22.1 Å². The normalized spacial score (nSPS) is 11.6. The van der Waals surface area contributed by atoms with Gasteiger partial charge in [-0.15, -0.1) is 0 Å². The predicted molar refractivity (Wildman–Crippen MR) is 109 cm³/mol. The van der Waals surface area contributed by atoms with Crippen molar-refractivity contribution in [1.82, 2.24) is 9.13 Å². The van der Waals surface area contributed by atoms with Crippen LogP contribution >= 0.6 is 0 Å². The SMILES string of the molecule is CCC[n+]1cn(CCCn2c[n+](CCC)c3ccccc32)c2ccccc21. The van der Waals surface area contributed by atoms with E-state index in [-0.39, 0.29) is 0 Å². The molecule has 0 spiro atoms. The number of hydrogen-bond acceptors (Lipinski definition) is 0. The molecule has 0 atom stereocenters. The molecule has 4 aromatic rings. The van der Waals surface area contributed by atoms with Gasteiger partial charge in [-0.3, -0.25) is 0 Å². The molecule has 2 aromatic carbocycles. The summed E-state index contributed by atoms with van der Waals surface area (Å²) in [5, 5.41) is 0. The van der Waals surface area contributed by atoms with E-state index in [2.05, 4.69) is 93.3 Å². The molecule has 4 heteroatoms. The number of rotatable bonds is 8. The highest BCUT2D eigenvalue weighted by molar-refractivity contribution is 5.72. The molecule has 0 radical (unpaired) electrons. The molecule has 0 saturated carbocycles. The Balaban J connectivity index is 1.54. The van der Waals surface area contributed by atoms with E-state index in [0.717, 1.165) is 45.4 Å². The number of nitrogens with zero attached hydrogens (tertiary/aromatic N) is 4. The number of hydrogen-bond donors (Lipinski definition) is 0. The Hall–Kier alpha value is -2.62. The molecule has 0 fully saturated rings. The Morgan fingerprint density at radius 2 is 1.11 bits per heavy atom. The second-order valence-corrected chi connectivity index (χ2v) is 7.34. The molecule has 0 unspecified atom stereocenters. The summed E-state index contributed by atoms with van der Waals surface area (Å²) in [4.78, 5) is 0. The van der Waals surface area contributed by atoms with Gasteiger partial charge in [-0.1, -0.05) is 38.1 Å². The lowest BCUT2D eigenvalue weighted by Gasteiger charge is -1.98. The number of imidazole rings is 2. The molecule has 0 aliphatic heterocycles. The van der Waals surface area contributed by atoms with E-state index >= 15 is 0 Å². The van der Waals surface area contributed by atoms with Gasteiger partial charge >= 0.3 is 0 Å². The molecule has 0 N–H and O–H groups in total. The topological polar surface area (TPSA) is 17.6 Å². The van der Waals surface area contributed by atoms with E-state index in [4.69, 9.17) is 0 Å². The Morgan fingerprint density at radius 3 is 1.56 bits per heavy atom. The van der Waals surface area contributed by atoms with Crippen LogP contribution in [0.25, 0.3) is 22.1 Å². The number of aryl methyl sites for hydroxylation is 4. The summed E-state index contributed by atoms with van der Waals surface area (Å²) in [6.07, 6.45) is 8.02. The average Bonchev–Trinajstić information content (AvgIpc) is 3.22. The Labute approximate surface area is 161 Å². The quantitative estimate of drug-likeness (QED) is 0.420. The van der Waals surface area contributed by atoms with Crippen LogP contribution in [-0.4, -0.2) is 9.13 Å². The first kappa shape index (κ1) is 17.8. The molecule has 0 aliphatic rings.